The Hall–Kier alpha value is -2.40. The van der Waals surface area contributed by atoms with E-state index in [-0.39, 0.29) is 16.8 Å². The maximum Gasteiger partial charge on any atom is 0.328 e. The minimum absolute atomic E-state index is 0.234. The minimum Gasteiger partial charge on any atom is -0.507 e. The summed E-state index contributed by atoms with van der Waals surface area (Å²) < 4.78 is 5.69. The van der Waals surface area contributed by atoms with Crippen LogP contribution in [0, 0.1) is 5.92 Å². The first-order chi connectivity index (χ1) is 16.9. The molecule has 3 rings (SSSR count). The molecule has 0 radical (unpaired) electrons. The maximum absolute atomic E-state index is 13.7. The molecule has 1 saturated carbocycles. The molecule has 0 bridgehead atoms. The molecule has 198 valence electrons. The Bertz CT molecular complexity index is 964. The van der Waals surface area contributed by atoms with E-state index in [0.29, 0.717) is 24.8 Å². The molecule has 1 unspecified atom stereocenters. The van der Waals surface area contributed by atoms with E-state index in [1.54, 1.807) is 6.20 Å². The number of carbonyl (C=O) groups excluding carboxylic acids is 1. The van der Waals surface area contributed by atoms with E-state index < -0.39 is 6.04 Å². The predicted octanol–water partition coefficient (Wildman–Crippen LogP) is 7.07. The van der Waals surface area contributed by atoms with Crippen molar-refractivity contribution in [3.8, 4) is 5.75 Å². The Morgan fingerprint density at radius 1 is 1.08 bits per heavy atom. The van der Waals surface area contributed by atoms with Gasteiger partial charge in [-0.15, -0.1) is 0 Å². The lowest BCUT2D eigenvalue weighted by molar-refractivity contribution is -0.150. The molecule has 2 aromatic rings. The molecule has 1 N–H and O–H groups in total. The Balaban J connectivity index is 2.17. The van der Waals surface area contributed by atoms with E-state index in [1.165, 1.54) is 32.1 Å². The minimum atomic E-state index is -0.560. The van der Waals surface area contributed by atoms with Crippen molar-refractivity contribution in [1.82, 2.24) is 9.88 Å². The molecule has 1 aromatic carbocycles. The number of pyridine rings is 1. The van der Waals surface area contributed by atoms with E-state index in [0.717, 1.165) is 28.8 Å². The number of carbonyl (C=O) groups is 1. The molecular weight excluding hydrogens is 448 g/mol. The summed E-state index contributed by atoms with van der Waals surface area (Å²) >= 11 is 0. The predicted molar refractivity (Wildman–Crippen MR) is 146 cm³/mol. The number of phenols is 1. The van der Waals surface area contributed by atoms with Crippen molar-refractivity contribution in [2.24, 2.45) is 5.92 Å². The highest BCUT2D eigenvalue weighted by atomic mass is 16.5. The fourth-order valence-electron chi connectivity index (χ4n) is 5.36. The zero-order valence-electron chi connectivity index (χ0n) is 23.4. The molecule has 1 fully saturated rings. The lowest BCUT2D eigenvalue weighted by atomic mass is 9.77. The maximum atomic E-state index is 13.7. The van der Waals surface area contributed by atoms with Crippen LogP contribution in [0.4, 0.5) is 0 Å². The lowest BCUT2D eigenvalue weighted by Crippen LogP contribution is -2.39. The van der Waals surface area contributed by atoms with Crippen molar-refractivity contribution in [1.29, 1.82) is 0 Å². The second kappa shape index (κ2) is 11.8. The van der Waals surface area contributed by atoms with Gasteiger partial charge in [-0.3, -0.25) is 9.88 Å². The molecular formula is C31H46N2O3. The average Bonchev–Trinajstić information content (AvgIpc) is 2.80. The van der Waals surface area contributed by atoms with Gasteiger partial charge in [-0.25, -0.2) is 4.79 Å². The van der Waals surface area contributed by atoms with Gasteiger partial charge in [-0.05, 0) is 77.0 Å². The molecule has 36 heavy (non-hydrogen) atoms. The van der Waals surface area contributed by atoms with Gasteiger partial charge in [0.15, 0.2) is 0 Å². The van der Waals surface area contributed by atoms with Gasteiger partial charge >= 0.3 is 5.97 Å². The summed E-state index contributed by atoms with van der Waals surface area (Å²) in [5.74, 6) is 0.642. The van der Waals surface area contributed by atoms with Gasteiger partial charge in [-0.2, -0.15) is 0 Å². The van der Waals surface area contributed by atoms with Crippen molar-refractivity contribution in [3.63, 3.8) is 0 Å². The first-order valence-electron chi connectivity index (χ1n) is 13.6. The molecule has 1 atom stereocenters. The number of esters is 1. The molecule has 0 saturated heterocycles. The SMILES string of the molecule is CCOC(=O)C(c1cc(C(C)(C)C)c(O)c(C(C)(C)C)c1)N(Cc1cccnc1)CC1CCCCC1. The zero-order valence-corrected chi connectivity index (χ0v) is 23.4. The Morgan fingerprint density at radius 2 is 1.69 bits per heavy atom. The molecule has 0 amide bonds. The number of nitrogens with zero attached hydrogens (tertiary/aromatic N) is 2. The van der Waals surface area contributed by atoms with Crippen molar-refractivity contribution in [2.75, 3.05) is 13.2 Å². The van der Waals surface area contributed by atoms with Crippen LogP contribution in [-0.2, 0) is 26.9 Å². The van der Waals surface area contributed by atoms with Crippen molar-refractivity contribution >= 4 is 5.97 Å². The summed E-state index contributed by atoms with van der Waals surface area (Å²) in [5.41, 5.74) is 3.12. The summed E-state index contributed by atoms with van der Waals surface area (Å²) in [6.45, 7) is 16.3. The molecule has 1 heterocycles. The quantitative estimate of drug-likeness (QED) is 0.398. The number of phenolic OH excluding ortho intramolecular Hbond substituents is 1. The van der Waals surface area contributed by atoms with Crippen LogP contribution in [0.2, 0.25) is 0 Å². The van der Waals surface area contributed by atoms with E-state index in [1.807, 2.05) is 31.3 Å². The normalized spacial score (nSPS) is 16.2. The second-order valence-electron chi connectivity index (χ2n) is 12.4. The van der Waals surface area contributed by atoms with Gasteiger partial charge in [0.05, 0.1) is 6.61 Å². The number of aromatic hydroxyl groups is 1. The van der Waals surface area contributed by atoms with Gasteiger partial charge in [0.25, 0.3) is 0 Å². The first kappa shape index (κ1) is 28.2. The van der Waals surface area contributed by atoms with E-state index in [4.69, 9.17) is 4.74 Å². The van der Waals surface area contributed by atoms with Crippen LogP contribution >= 0.6 is 0 Å². The molecule has 0 spiro atoms. The molecule has 5 nitrogen and oxygen atoms in total. The summed E-state index contributed by atoms with van der Waals surface area (Å²) in [7, 11) is 0. The summed E-state index contributed by atoms with van der Waals surface area (Å²) in [5, 5.41) is 11.3. The van der Waals surface area contributed by atoms with Crippen LogP contribution in [0.1, 0.15) is 109 Å². The Kier molecular flexibility index (Phi) is 9.21. The van der Waals surface area contributed by atoms with Crippen LogP contribution in [0.15, 0.2) is 36.7 Å². The van der Waals surface area contributed by atoms with Gasteiger partial charge in [0, 0.05) is 25.5 Å². The van der Waals surface area contributed by atoms with Crippen LogP contribution in [0.3, 0.4) is 0 Å². The van der Waals surface area contributed by atoms with Gasteiger partial charge < -0.3 is 9.84 Å². The monoisotopic (exact) mass is 494 g/mol. The number of hydrogen-bond donors (Lipinski definition) is 1. The molecule has 1 aliphatic rings. The Morgan fingerprint density at radius 3 is 2.19 bits per heavy atom. The summed E-state index contributed by atoms with van der Waals surface area (Å²) in [4.78, 5) is 20.3. The molecule has 5 heteroatoms. The van der Waals surface area contributed by atoms with E-state index in [2.05, 4.69) is 57.5 Å². The van der Waals surface area contributed by atoms with Crippen LogP contribution < -0.4 is 0 Å². The Labute approximate surface area is 218 Å². The number of ether oxygens (including phenoxy) is 1. The third kappa shape index (κ3) is 7.09. The average molecular weight is 495 g/mol. The lowest BCUT2D eigenvalue weighted by Gasteiger charge is -2.36. The summed E-state index contributed by atoms with van der Waals surface area (Å²) in [6, 6.07) is 7.52. The fourth-order valence-corrected chi connectivity index (χ4v) is 5.36. The van der Waals surface area contributed by atoms with Crippen LogP contribution in [0.25, 0.3) is 0 Å². The van der Waals surface area contributed by atoms with Gasteiger partial charge in [0.1, 0.15) is 11.8 Å². The highest BCUT2D eigenvalue weighted by molar-refractivity contribution is 5.78. The molecule has 1 aromatic heterocycles. The molecule has 0 aliphatic heterocycles. The van der Waals surface area contributed by atoms with Crippen LogP contribution in [-0.4, -0.2) is 34.1 Å². The number of rotatable bonds is 8. The van der Waals surface area contributed by atoms with Crippen molar-refractivity contribution < 1.29 is 14.6 Å². The second-order valence-corrected chi connectivity index (χ2v) is 12.4. The van der Waals surface area contributed by atoms with Gasteiger partial charge in [0.2, 0.25) is 0 Å². The standard InChI is InChI=1S/C31H46N2O3/c1-8-36-29(35)27(24-17-25(30(2,3)4)28(34)26(18-24)31(5,6)7)33(20-22-13-10-9-11-14-22)21-23-15-12-16-32-19-23/h12,15-19,22,27,34H,8-11,13-14,20-21H2,1-7H3. The summed E-state index contributed by atoms with van der Waals surface area (Å²) in [6.07, 6.45) is 9.83. The number of hydrogen-bond acceptors (Lipinski definition) is 5. The highest BCUT2D eigenvalue weighted by Gasteiger charge is 2.35. The fraction of sp³-hybridized carbons (Fsp3) is 0.613. The van der Waals surface area contributed by atoms with Crippen LogP contribution in [0.5, 0.6) is 5.75 Å². The van der Waals surface area contributed by atoms with Crippen molar-refractivity contribution in [2.45, 2.75) is 104 Å². The van der Waals surface area contributed by atoms with Crippen molar-refractivity contribution in [3.05, 3.63) is 58.9 Å². The largest absolute Gasteiger partial charge is 0.507 e. The topological polar surface area (TPSA) is 62.7 Å². The number of aromatic nitrogens is 1. The third-order valence-electron chi connectivity index (χ3n) is 7.26. The smallest absolute Gasteiger partial charge is 0.328 e. The van der Waals surface area contributed by atoms with E-state index >= 15 is 0 Å². The zero-order chi connectivity index (χ0) is 26.5. The number of benzene rings is 1. The van der Waals surface area contributed by atoms with Gasteiger partial charge in [-0.1, -0.05) is 66.9 Å². The first-order valence-corrected chi connectivity index (χ1v) is 13.6. The van der Waals surface area contributed by atoms with E-state index in [9.17, 15) is 9.90 Å². The highest BCUT2D eigenvalue weighted by Crippen LogP contribution is 2.42. The molecule has 1 aliphatic carbocycles. The third-order valence-corrected chi connectivity index (χ3v) is 7.26.